The van der Waals surface area contributed by atoms with Crippen molar-refractivity contribution < 1.29 is 14.3 Å². The summed E-state index contributed by atoms with van der Waals surface area (Å²) in [6, 6.07) is 14.9. The number of ketones is 1. The Kier molecular flexibility index (Phi) is 5.10. The van der Waals surface area contributed by atoms with Gasteiger partial charge < -0.3 is 14.6 Å². The first-order chi connectivity index (χ1) is 13.6. The number of fused-ring (bicyclic) bond motifs is 1. The molecule has 6 heteroatoms. The first-order valence-electron chi connectivity index (χ1n) is 9.56. The van der Waals surface area contributed by atoms with Crippen molar-refractivity contribution in [3.05, 3.63) is 59.9 Å². The highest BCUT2D eigenvalue weighted by Crippen LogP contribution is 2.27. The third-order valence-corrected chi connectivity index (χ3v) is 5.24. The second-order valence-electron chi connectivity index (χ2n) is 7.17. The first kappa shape index (κ1) is 18.2. The van der Waals surface area contributed by atoms with Crippen LogP contribution in [0.3, 0.4) is 0 Å². The molecule has 0 saturated carbocycles. The number of para-hydroxylation sites is 2. The lowest BCUT2D eigenvalue weighted by Crippen LogP contribution is -2.40. The molecule has 144 valence electrons. The molecule has 4 rings (SSSR count). The number of Topliss-reactive ketones (excluding diaryl/α,β-unsaturated/α-hetero) is 1. The second-order valence-corrected chi connectivity index (χ2v) is 7.17. The van der Waals surface area contributed by atoms with Crippen LogP contribution in [0.25, 0.3) is 11.0 Å². The Morgan fingerprint density at radius 3 is 2.68 bits per heavy atom. The summed E-state index contributed by atoms with van der Waals surface area (Å²) in [5, 5.41) is 0. The SMILES string of the molecule is CC(=O)c1cccc(OCC(=O)N2CCC(c3nc4ccccc4[nH]3)CC2)c1. The summed E-state index contributed by atoms with van der Waals surface area (Å²) in [6.45, 7) is 2.88. The zero-order valence-electron chi connectivity index (χ0n) is 15.9. The molecule has 28 heavy (non-hydrogen) atoms. The number of H-pyrrole nitrogens is 1. The standard InChI is InChI=1S/C22H23N3O3/c1-15(26)17-5-4-6-18(13-17)28-14-21(27)25-11-9-16(10-12-25)22-23-19-7-2-3-8-20(19)24-22/h2-8,13,16H,9-12,14H2,1H3,(H,23,24). The normalized spacial score (nSPS) is 15.0. The van der Waals surface area contributed by atoms with Crippen LogP contribution in [0.15, 0.2) is 48.5 Å². The molecule has 0 aliphatic carbocycles. The van der Waals surface area contributed by atoms with Crippen molar-refractivity contribution in [1.82, 2.24) is 14.9 Å². The maximum atomic E-state index is 12.5. The number of nitrogens with zero attached hydrogens (tertiary/aromatic N) is 2. The van der Waals surface area contributed by atoms with Gasteiger partial charge >= 0.3 is 0 Å². The van der Waals surface area contributed by atoms with Crippen molar-refractivity contribution in [2.45, 2.75) is 25.7 Å². The Hall–Kier alpha value is -3.15. The topological polar surface area (TPSA) is 75.3 Å². The van der Waals surface area contributed by atoms with E-state index in [0.29, 0.717) is 30.3 Å². The number of nitrogens with one attached hydrogen (secondary N) is 1. The van der Waals surface area contributed by atoms with Crippen LogP contribution >= 0.6 is 0 Å². The van der Waals surface area contributed by atoms with E-state index in [2.05, 4.69) is 4.98 Å². The zero-order chi connectivity index (χ0) is 19.5. The van der Waals surface area contributed by atoms with Crippen LogP contribution in [-0.2, 0) is 4.79 Å². The van der Waals surface area contributed by atoms with Gasteiger partial charge in [0, 0.05) is 24.6 Å². The van der Waals surface area contributed by atoms with E-state index in [1.54, 1.807) is 24.3 Å². The third kappa shape index (κ3) is 3.91. The lowest BCUT2D eigenvalue weighted by atomic mass is 9.96. The van der Waals surface area contributed by atoms with E-state index in [4.69, 9.17) is 9.72 Å². The number of piperidine rings is 1. The van der Waals surface area contributed by atoms with E-state index in [0.717, 1.165) is 29.7 Å². The number of ether oxygens (including phenoxy) is 1. The summed E-state index contributed by atoms with van der Waals surface area (Å²) in [7, 11) is 0. The van der Waals surface area contributed by atoms with Gasteiger partial charge in [-0.1, -0.05) is 24.3 Å². The molecule has 1 N–H and O–H groups in total. The van der Waals surface area contributed by atoms with E-state index in [1.807, 2.05) is 29.2 Å². The summed E-state index contributed by atoms with van der Waals surface area (Å²) >= 11 is 0. The van der Waals surface area contributed by atoms with Gasteiger partial charge in [0.2, 0.25) is 0 Å². The van der Waals surface area contributed by atoms with E-state index in [1.165, 1.54) is 6.92 Å². The van der Waals surface area contributed by atoms with Crippen molar-refractivity contribution >= 4 is 22.7 Å². The monoisotopic (exact) mass is 377 g/mol. The van der Waals surface area contributed by atoms with E-state index in [-0.39, 0.29) is 18.3 Å². The maximum absolute atomic E-state index is 12.5. The highest BCUT2D eigenvalue weighted by molar-refractivity contribution is 5.94. The van der Waals surface area contributed by atoms with E-state index in [9.17, 15) is 9.59 Å². The van der Waals surface area contributed by atoms with Crippen molar-refractivity contribution in [1.29, 1.82) is 0 Å². The lowest BCUT2D eigenvalue weighted by Gasteiger charge is -2.31. The molecule has 6 nitrogen and oxygen atoms in total. The highest BCUT2D eigenvalue weighted by Gasteiger charge is 2.26. The van der Waals surface area contributed by atoms with Crippen LogP contribution in [-0.4, -0.2) is 46.3 Å². The minimum Gasteiger partial charge on any atom is -0.484 e. The van der Waals surface area contributed by atoms with Gasteiger partial charge in [-0.2, -0.15) is 0 Å². The summed E-state index contributed by atoms with van der Waals surface area (Å²) in [4.78, 5) is 33.9. The Bertz CT molecular complexity index is 970. The molecule has 2 heterocycles. The number of rotatable bonds is 5. The quantitative estimate of drug-likeness (QED) is 0.690. The largest absolute Gasteiger partial charge is 0.484 e. The van der Waals surface area contributed by atoms with E-state index < -0.39 is 0 Å². The molecule has 0 radical (unpaired) electrons. The molecule has 0 unspecified atom stereocenters. The number of aromatic amines is 1. The molecule has 3 aromatic rings. The summed E-state index contributed by atoms with van der Waals surface area (Å²) in [5.74, 6) is 1.83. The molecule has 1 saturated heterocycles. The predicted octanol–water partition coefficient (Wildman–Crippen LogP) is 3.55. The average molecular weight is 377 g/mol. The van der Waals surface area contributed by atoms with Gasteiger partial charge in [-0.25, -0.2) is 4.98 Å². The van der Waals surface area contributed by atoms with Crippen LogP contribution < -0.4 is 4.74 Å². The molecule has 0 spiro atoms. The van der Waals surface area contributed by atoms with Gasteiger partial charge in [0.25, 0.3) is 5.91 Å². The van der Waals surface area contributed by atoms with Gasteiger partial charge in [0.1, 0.15) is 11.6 Å². The van der Waals surface area contributed by atoms with Crippen molar-refractivity contribution in [3.63, 3.8) is 0 Å². The summed E-state index contributed by atoms with van der Waals surface area (Å²) < 4.78 is 5.60. The van der Waals surface area contributed by atoms with Crippen molar-refractivity contribution in [2.24, 2.45) is 0 Å². The number of carbonyl (C=O) groups excluding carboxylic acids is 2. The zero-order valence-corrected chi connectivity index (χ0v) is 15.9. The van der Waals surface area contributed by atoms with Gasteiger partial charge in [-0.15, -0.1) is 0 Å². The molecular weight excluding hydrogens is 354 g/mol. The Balaban J connectivity index is 1.31. The maximum Gasteiger partial charge on any atom is 0.260 e. The third-order valence-electron chi connectivity index (χ3n) is 5.24. The van der Waals surface area contributed by atoms with Gasteiger partial charge in [0.05, 0.1) is 11.0 Å². The van der Waals surface area contributed by atoms with Crippen molar-refractivity contribution in [3.8, 4) is 5.75 Å². The lowest BCUT2D eigenvalue weighted by molar-refractivity contribution is -0.134. The Labute approximate surface area is 163 Å². The Morgan fingerprint density at radius 2 is 1.93 bits per heavy atom. The molecule has 2 aromatic carbocycles. The average Bonchev–Trinajstić information content (AvgIpc) is 3.16. The predicted molar refractivity (Wildman–Crippen MR) is 107 cm³/mol. The van der Waals surface area contributed by atoms with Crippen LogP contribution in [0.4, 0.5) is 0 Å². The molecule has 1 aliphatic rings. The minimum atomic E-state index is -0.0312. The molecule has 0 atom stereocenters. The van der Waals surface area contributed by atoms with Crippen LogP contribution in [0.1, 0.15) is 41.9 Å². The second kappa shape index (κ2) is 7.84. The number of hydrogen-bond acceptors (Lipinski definition) is 4. The van der Waals surface area contributed by atoms with Crippen LogP contribution in [0, 0.1) is 0 Å². The molecule has 1 aliphatic heterocycles. The van der Waals surface area contributed by atoms with Crippen molar-refractivity contribution in [2.75, 3.05) is 19.7 Å². The molecular formula is C22H23N3O3. The fraction of sp³-hybridized carbons (Fsp3) is 0.318. The number of aromatic nitrogens is 2. The number of amides is 1. The summed E-state index contributed by atoms with van der Waals surface area (Å²) in [5.41, 5.74) is 2.62. The fourth-order valence-corrected chi connectivity index (χ4v) is 3.61. The summed E-state index contributed by atoms with van der Waals surface area (Å²) in [6.07, 6.45) is 1.76. The number of carbonyl (C=O) groups is 2. The minimum absolute atomic E-state index is 0.0172. The number of imidazole rings is 1. The van der Waals surface area contributed by atoms with Crippen LogP contribution in [0.2, 0.25) is 0 Å². The fourth-order valence-electron chi connectivity index (χ4n) is 3.61. The van der Waals surface area contributed by atoms with Gasteiger partial charge in [-0.3, -0.25) is 9.59 Å². The Morgan fingerprint density at radius 1 is 1.14 bits per heavy atom. The number of hydrogen-bond donors (Lipinski definition) is 1. The molecule has 1 aromatic heterocycles. The number of benzene rings is 2. The van der Waals surface area contributed by atoms with Gasteiger partial charge in [-0.05, 0) is 44.0 Å². The van der Waals surface area contributed by atoms with E-state index >= 15 is 0 Å². The van der Waals surface area contributed by atoms with Gasteiger partial charge in [0.15, 0.2) is 12.4 Å². The molecule has 1 fully saturated rings. The highest BCUT2D eigenvalue weighted by atomic mass is 16.5. The molecule has 0 bridgehead atoms. The molecule has 1 amide bonds. The smallest absolute Gasteiger partial charge is 0.260 e. The van der Waals surface area contributed by atoms with Crippen LogP contribution in [0.5, 0.6) is 5.75 Å². The number of likely N-dealkylation sites (tertiary alicyclic amines) is 1. The first-order valence-corrected chi connectivity index (χ1v) is 9.56.